The van der Waals surface area contributed by atoms with Gasteiger partial charge in [-0.2, -0.15) is 0 Å². The summed E-state index contributed by atoms with van der Waals surface area (Å²) >= 11 is 7.37. The van der Waals surface area contributed by atoms with Crippen molar-refractivity contribution in [2.24, 2.45) is 0 Å². The van der Waals surface area contributed by atoms with Gasteiger partial charge in [-0.1, -0.05) is 35.5 Å². The normalized spacial score (nSPS) is 11.5. The van der Waals surface area contributed by atoms with Crippen LogP contribution in [0.3, 0.4) is 0 Å². The van der Waals surface area contributed by atoms with Crippen molar-refractivity contribution in [3.63, 3.8) is 0 Å². The lowest BCUT2D eigenvalue weighted by atomic mass is 10.2. The van der Waals surface area contributed by atoms with Crippen LogP contribution in [0, 0.1) is 6.92 Å². The van der Waals surface area contributed by atoms with Crippen LogP contribution in [0.15, 0.2) is 60.3 Å². The topological polar surface area (TPSA) is 98.1 Å². The highest BCUT2D eigenvalue weighted by atomic mass is 35.5. The number of amides is 2. The molecular formula is C24H26ClN5O3S. The van der Waals surface area contributed by atoms with E-state index >= 15 is 0 Å². The van der Waals surface area contributed by atoms with E-state index < -0.39 is 6.04 Å². The number of rotatable bonds is 10. The largest absolute Gasteiger partial charge is 0.497 e. The lowest BCUT2D eigenvalue weighted by Gasteiger charge is -2.15. The number of carbonyl (C=O) groups is 2. The Balaban J connectivity index is 1.65. The van der Waals surface area contributed by atoms with Crippen molar-refractivity contribution >= 4 is 40.9 Å². The number of aryl methyl sites for hydroxylation is 1. The quantitative estimate of drug-likeness (QED) is 0.311. The van der Waals surface area contributed by atoms with Gasteiger partial charge in [0.25, 0.3) is 5.91 Å². The van der Waals surface area contributed by atoms with E-state index in [9.17, 15) is 9.59 Å². The molecule has 2 aromatic carbocycles. The number of aromatic nitrogens is 3. The fourth-order valence-corrected chi connectivity index (χ4v) is 4.05. The Morgan fingerprint density at radius 2 is 1.97 bits per heavy atom. The maximum atomic E-state index is 12.6. The standard InChI is InChI=1S/C24H26ClN5O3S/c1-5-12-30-22(16(3)26-23(32)17-7-10-19(33-4)11-8-17)28-29-24(30)34-14-21(31)27-18-9-6-15(2)20(25)13-18/h5-11,13,16H,1,12,14H2,2-4H3,(H,26,32)(H,27,31)/t16-/m0/s1. The number of allylic oxidation sites excluding steroid dienone is 1. The highest BCUT2D eigenvalue weighted by molar-refractivity contribution is 7.99. The van der Waals surface area contributed by atoms with Gasteiger partial charge in [-0.15, -0.1) is 16.8 Å². The Morgan fingerprint density at radius 1 is 1.24 bits per heavy atom. The first-order chi connectivity index (χ1) is 16.3. The van der Waals surface area contributed by atoms with Gasteiger partial charge in [-0.25, -0.2) is 0 Å². The van der Waals surface area contributed by atoms with Gasteiger partial charge in [-0.05, 0) is 55.8 Å². The number of ether oxygens (including phenoxy) is 1. The number of nitrogens with zero attached hydrogens (tertiary/aromatic N) is 3. The lowest BCUT2D eigenvalue weighted by Crippen LogP contribution is -2.28. The predicted octanol–water partition coefficient (Wildman–Crippen LogP) is 4.66. The first-order valence-electron chi connectivity index (χ1n) is 10.5. The van der Waals surface area contributed by atoms with E-state index in [0.717, 1.165) is 5.56 Å². The van der Waals surface area contributed by atoms with E-state index in [0.29, 0.717) is 39.5 Å². The second kappa shape index (κ2) is 11.7. The van der Waals surface area contributed by atoms with E-state index in [1.165, 1.54) is 11.8 Å². The predicted molar refractivity (Wildman–Crippen MR) is 135 cm³/mol. The van der Waals surface area contributed by atoms with Crippen molar-refractivity contribution in [2.75, 3.05) is 18.2 Å². The molecule has 0 bridgehead atoms. The molecule has 1 atom stereocenters. The Labute approximate surface area is 207 Å². The summed E-state index contributed by atoms with van der Waals surface area (Å²) in [7, 11) is 1.57. The van der Waals surface area contributed by atoms with Gasteiger partial charge < -0.3 is 19.9 Å². The molecule has 1 aromatic heterocycles. The van der Waals surface area contributed by atoms with Crippen LogP contribution >= 0.6 is 23.4 Å². The highest BCUT2D eigenvalue weighted by Crippen LogP contribution is 2.23. The summed E-state index contributed by atoms with van der Waals surface area (Å²) in [4.78, 5) is 25.1. The van der Waals surface area contributed by atoms with Gasteiger partial charge in [0, 0.05) is 22.8 Å². The van der Waals surface area contributed by atoms with E-state index in [4.69, 9.17) is 16.3 Å². The molecule has 2 amide bonds. The molecule has 178 valence electrons. The van der Waals surface area contributed by atoms with Crippen LogP contribution in [0.5, 0.6) is 5.75 Å². The summed E-state index contributed by atoms with van der Waals surface area (Å²) in [6.07, 6.45) is 1.71. The van der Waals surface area contributed by atoms with Crippen molar-refractivity contribution in [2.45, 2.75) is 31.6 Å². The fraction of sp³-hybridized carbons (Fsp3) is 0.250. The van der Waals surface area contributed by atoms with Crippen molar-refractivity contribution in [3.8, 4) is 5.75 Å². The van der Waals surface area contributed by atoms with Crippen LogP contribution in [-0.2, 0) is 11.3 Å². The second-order valence-electron chi connectivity index (χ2n) is 7.46. The van der Waals surface area contributed by atoms with E-state index in [-0.39, 0.29) is 17.6 Å². The molecule has 2 N–H and O–H groups in total. The van der Waals surface area contributed by atoms with E-state index in [2.05, 4.69) is 27.4 Å². The lowest BCUT2D eigenvalue weighted by molar-refractivity contribution is -0.113. The zero-order valence-electron chi connectivity index (χ0n) is 19.2. The third-order valence-corrected chi connectivity index (χ3v) is 6.31. The molecule has 0 fully saturated rings. The van der Waals surface area contributed by atoms with Gasteiger partial charge in [0.2, 0.25) is 5.91 Å². The summed E-state index contributed by atoms with van der Waals surface area (Å²) < 4.78 is 6.95. The molecule has 0 spiro atoms. The van der Waals surface area contributed by atoms with Crippen molar-refractivity contribution in [1.82, 2.24) is 20.1 Å². The second-order valence-corrected chi connectivity index (χ2v) is 8.81. The average Bonchev–Trinajstić information content (AvgIpc) is 3.23. The summed E-state index contributed by atoms with van der Waals surface area (Å²) in [5.41, 5.74) is 2.07. The fourth-order valence-electron chi connectivity index (χ4n) is 3.11. The number of thioether (sulfide) groups is 1. The Morgan fingerprint density at radius 3 is 2.62 bits per heavy atom. The molecule has 0 unspecified atom stereocenters. The number of nitrogens with one attached hydrogen (secondary N) is 2. The Kier molecular flexibility index (Phi) is 8.72. The van der Waals surface area contributed by atoms with Gasteiger partial charge in [0.05, 0.1) is 18.9 Å². The molecule has 3 aromatic rings. The van der Waals surface area contributed by atoms with Crippen molar-refractivity contribution < 1.29 is 14.3 Å². The smallest absolute Gasteiger partial charge is 0.251 e. The molecule has 0 saturated heterocycles. The van der Waals surface area contributed by atoms with Crippen LogP contribution < -0.4 is 15.4 Å². The van der Waals surface area contributed by atoms with Crippen LogP contribution in [0.1, 0.15) is 34.7 Å². The third-order valence-electron chi connectivity index (χ3n) is 4.93. The highest BCUT2D eigenvalue weighted by Gasteiger charge is 2.20. The Bertz CT molecular complexity index is 1180. The number of carbonyl (C=O) groups excluding carboxylic acids is 2. The first-order valence-corrected chi connectivity index (χ1v) is 11.9. The van der Waals surface area contributed by atoms with Gasteiger partial charge in [-0.3, -0.25) is 9.59 Å². The molecule has 34 heavy (non-hydrogen) atoms. The molecule has 1 heterocycles. The van der Waals surface area contributed by atoms with Crippen LogP contribution in [-0.4, -0.2) is 39.4 Å². The molecule has 0 radical (unpaired) electrons. The number of hydrogen-bond donors (Lipinski definition) is 2. The molecule has 0 saturated carbocycles. The maximum absolute atomic E-state index is 12.6. The Hall–Kier alpha value is -3.30. The molecular weight excluding hydrogens is 474 g/mol. The minimum atomic E-state index is -0.417. The monoisotopic (exact) mass is 499 g/mol. The maximum Gasteiger partial charge on any atom is 0.251 e. The van der Waals surface area contributed by atoms with Crippen LogP contribution in [0.4, 0.5) is 5.69 Å². The molecule has 10 heteroatoms. The summed E-state index contributed by atoms with van der Waals surface area (Å²) in [6.45, 7) is 7.95. The summed E-state index contributed by atoms with van der Waals surface area (Å²) in [5, 5.41) is 15.4. The summed E-state index contributed by atoms with van der Waals surface area (Å²) in [6, 6.07) is 11.8. The molecule has 0 aliphatic heterocycles. The van der Waals surface area contributed by atoms with Crippen LogP contribution in [0.25, 0.3) is 0 Å². The van der Waals surface area contributed by atoms with Crippen molar-refractivity contribution in [3.05, 3.63) is 77.1 Å². The zero-order chi connectivity index (χ0) is 24.7. The first kappa shape index (κ1) is 25.3. The number of anilines is 1. The molecule has 0 aliphatic rings. The molecule has 3 rings (SSSR count). The third kappa shape index (κ3) is 6.39. The minimum Gasteiger partial charge on any atom is -0.497 e. The number of benzene rings is 2. The summed E-state index contributed by atoms with van der Waals surface area (Å²) in [5.74, 6) is 0.934. The number of halogens is 1. The van der Waals surface area contributed by atoms with Crippen molar-refractivity contribution in [1.29, 1.82) is 0 Å². The molecule has 8 nitrogen and oxygen atoms in total. The number of methoxy groups -OCH3 is 1. The average molecular weight is 500 g/mol. The molecule has 0 aliphatic carbocycles. The van der Waals surface area contributed by atoms with Gasteiger partial charge in [0.15, 0.2) is 11.0 Å². The number of hydrogen-bond acceptors (Lipinski definition) is 6. The van der Waals surface area contributed by atoms with E-state index in [1.54, 1.807) is 49.6 Å². The van der Waals surface area contributed by atoms with Crippen LogP contribution in [0.2, 0.25) is 5.02 Å². The van der Waals surface area contributed by atoms with Gasteiger partial charge >= 0.3 is 0 Å². The zero-order valence-corrected chi connectivity index (χ0v) is 20.7. The van der Waals surface area contributed by atoms with E-state index in [1.807, 2.05) is 24.5 Å². The SMILES string of the molecule is C=CCn1c(SCC(=O)Nc2ccc(C)c(Cl)c2)nnc1[C@H](C)NC(=O)c1ccc(OC)cc1. The van der Waals surface area contributed by atoms with Gasteiger partial charge in [0.1, 0.15) is 5.75 Å². The minimum absolute atomic E-state index is 0.132.